The van der Waals surface area contributed by atoms with E-state index in [1.165, 1.54) is 4.68 Å². The zero-order chi connectivity index (χ0) is 22.3. The topological polar surface area (TPSA) is 154 Å². The lowest BCUT2D eigenvalue weighted by Gasteiger charge is -2.24. The Labute approximate surface area is 175 Å². The largest absolute Gasteiger partial charge is 0.469 e. The third-order valence-corrected chi connectivity index (χ3v) is 6.22. The Morgan fingerprint density at radius 2 is 1.87 bits per heavy atom. The van der Waals surface area contributed by atoms with Crippen LogP contribution in [0.2, 0.25) is 0 Å². The number of nitrogens with two attached hydrogens (primary N) is 1. The van der Waals surface area contributed by atoms with Crippen molar-refractivity contribution in [2.45, 2.75) is 51.5 Å². The highest BCUT2D eigenvalue weighted by Gasteiger charge is 2.32. The standard InChI is InChI=1S/C18H26N3O7PS/c1-11-7-14(8-12(2)16(11)19)28-18-15(9-27-29(22,23)24)21(10-30(3,25)26)20-17(18)13-5-4-6-13/h7-8,13H,4-6,9-10,19H2,1-3H3,(H2,22,23,24). The molecule has 0 radical (unpaired) electrons. The van der Waals surface area contributed by atoms with E-state index < -0.39 is 30.1 Å². The average molecular weight is 459 g/mol. The quantitative estimate of drug-likeness (QED) is 0.399. The number of ether oxygens (including phenoxy) is 1. The summed E-state index contributed by atoms with van der Waals surface area (Å²) in [6, 6.07) is 3.49. The molecule has 1 saturated carbocycles. The Hall–Kier alpha value is -1.91. The summed E-state index contributed by atoms with van der Waals surface area (Å²) >= 11 is 0. The number of sulfone groups is 1. The number of nitrogen functional groups attached to an aromatic ring is 1. The van der Waals surface area contributed by atoms with Crippen LogP contribution in [0.4, 0.5) is 5.69 Å². The fourth-order valence-electron chi connectivity index (χ4n) is 3.29. The van der Waals surface area contributed by atoms with Gasteiger partial charge >= 0.3 is 7.82 Å². The third-order valence-electron chi connectivity index (χ3n) is 5.04. The van der Waals surface area contributed by atoms with Crippen LogP contribution in [0.1, 0.15) is 47.7 Å². The molecule has 1 aromatic heterocycles. The van der Waals surface area contributed by atoms with Gasteiger partial charge in [-0.25, -0.2) is 17.7 Å². The molecule has 0 saturated heterocycles. The maximum atomic E-state index is 11.9. The predicted molar refractivity (Wildman–Crippen MR) is 111 cm³/mol. The number of rotatable bonds is 8. The maximum absolute atomic E-state index is 11.9. The highest BCUT2D eigenvalue weighted by molar-refractivity contribution is 7.89. The number of nitrogens with zero attached hydrogens (tertiary/aromatic N) is 2. The molecule has 166 valence electrons. The normalized spacial score (nSPS) is 15.2. The molecule has 0 atom stereocenters. The molecule has 12 heteroatoms. The van der Waals surface area contributed by atoms with E-state index in [1.54, 1.807) is 12.1 Å². The Balaban J connectivity index is 2.10. The maximum Gasteiger partial charge on any atom is 0.469 e. The number of aromatic nitrogens is 2. The smallest absolute Gasteiger partial charge is 0.453 e. The molecule has 0 aliphatic heterocycles. The summed E-state index contributed by atoms with van der Waals surface area (Å²) in [5, 5.41) is 4.43. The summed E-state index contributed by atoms with van der Waals surface area (Å²) < 4.78 is 47.0. The summed E-state index contributed by atoms with van der Waals surface area (Å²) in [4.78, 5) is 18.3. The molecule has 10 nitrogen and oxygen atoms in total. The fourth-order valence-corrected chi connectivity index (χ4v) is 4.24. The molecule has 3 rings (SSSR count). The lowest BCUT2D eigenvalue weighted by Crippen LogP contribution is -2.15. The Kier molecular flexibility index (Phi) is 6.31. The number of benzene rings is 1. The molecule has 0 amide bonds. The van der Waals surface area contributed by atoms with Crippen molar-refractivity contribution in [3.8, 4) is 11.5 Å². The van der Waals surface area contributed by atoms with E-state index in [4.69, 9.17) is 20.3 Å². The molecule has 1 aliphatic carbocycles. The van der Waals surface area contributed by atoms with Crippen LogP contribution >= 0.6 is 7.82 Å². The minimum atomic E-state index is -4.80. The first-order valence-corrected chi connectivity index (χ1v) is 12.9. The van der Waals surface area contributed by atoms with Crippen LogP contribution in [0.5, 0.6) is 11.5 Å². The summed E-state index contributed by atoms with van der Waals surface area (Å²) in [5.41, 5.74) is 8.98. The number of anilines is 1. The lowest BCUT2D eigenvalue weighted by atomic mass is 9.82. The molecular formula is C18H26N3O7PS. The van der Waals surface area contributed by atoms with Gasteiger partial charge in [-0.15, -0.1) is 0 Å². The van der Waals surface area contributed by atoms with Crippen molar-refractivity contribution in [1.29, 1.82) is 0 Å². The van der Waals surface area contributed by atoms with Crippen molar-refractivity contribution >= 4 is 23.3 Å². The second-order valence-corrected chi connectivity index (χ2v) is 11.0. The number of hydrogen-bond donors (Lipinski definition) is 3. The second kappa shape index (κ2) is 8.32. The molecule has 0 bridgehead atoms. The van der Waals surface area contributed by atoms with Crippen LogP contribution in [-0.4, -0.2) is 34.2 Å². The highest BCUT2D eigenvalue weighted by Crippen LogP contribution is 2.45. The van der Waals surface area contributed by atoms with Gasteiger partial charge in [0.2, 0.25) is 0 Å². The van der Waals surface area contributed by atoms with Crippen LogP contribution in [0.3, 0.4) is 0 Å². The SMILES string of the molecule is Cc1cc(Oc2c(C3CCC3)nn(CS(C)(=O)=O)c2COP(=O)(O)O)cc(C)c1N. The van der Waals surface area contributed by atoms with Crippen LogP contribution in [-0.2, 0) is 31.4 Å². The van der Waals surface area contributed by atoms with E-state index in [0.717, 1.165) is 36.6 Å². The zero-order valence-corrected chi connectivity index (χ0v) is 18.7. The monoisotopic (exact) mass is 459 g/mol. The Morgan fingerprint density at radius 3 is 2.33 bits per heavy atom. The number of phosphoric acid groups is 1. The average Bonchev–Trinajstić information content (AvgIpc) is 2.83. The van der Waals surface area contributed by atoms with Gasteiger partial charge in [0.25, 0.3) is 0 Å². The Morgan fingerprint density at radius 1 is 1.27 bits per heavy atom. The minimum absolute atomic E-state index is 0.0746. The van der Waals surface area contributed by atoms with Crippen molar-refractivity contribution in [2.24, 2.45) is 0 Å². The molecule has 2 aromatic rings. The number of aryl methyl sites for hydroxylation is 2. The van der Waals surface area contributed by atoms with Gasteiger partial charge in [0.1, 0.15) is 29.6 Å². The first kappa shape index (κ1) is 22.8. The molecule has 1 heterocycles. The lowest BCUT2D eigenvalue weighted by molar-refractivity contribution is 0.183. The predicted octanol–water partition coefficient (Wildman–Crippen LogP) is 2.75. The summed E-state index contributed by atoms with van der Waals surface area (Å²) in [7, 11) is -8.28. The van der Waals surface area contributed by atoms with Crippen molar-refractivity contribution < 1.29 is 32.0 Å². The second-order valence-electron chi connectivity index (χ2n) is 7.68. The van der Waals surface area contributed by atoms with E-state index >= 15 is 0 Å². The summed E-state index contributed by atoms with van der Waals surface area (Å²) in [6.45, 7) is 3.13. The summed E-state index contributed by atoms with van der Waals surface area (Å²) in [6.07, 6.45) is 3.80. The van der Waals surface area contributed by atoms with Gasteiger partial charge in [0.05, 0.1) is 0 Å². The minimum Gasteiger partial charge on any atom is -0.453 e. The van der Waals surface area contributed by atoms with E-state index in [9.17, 15) is 13.0 Å². The van der Waals surface area contributed by atoms with Gasteiger partial charge in [0, 0.05) is 17.9 Å². The van der Waals surface area contributed by atoms with Crippen molar-refractivity contribution in [2.75, 3.05) is 12.0 Å². The first-order chi connectivity index (χ1) is 13.8. The fraction of sp³-hybridized carbons (Fsp3) is 0.500. The molecule has 0 spiro atoms. The first-order valence-electron chi connectivity index (χ1n) is 9.36. The van der Waals surface area contributed by atoms with Crippen LogP contribution in [0.15, 0.2) is 12.1 Å². The number of phosphoric ester groups is 1. The molecule has 1 fully saturated rings. The van der Waals surface area contributed by atoms with E-state index in [1.807, 2.05) is 13.8 Å². The molecule has 0 unspecified atom stereocenters. The van der Waals surface area contributed by atoms with Crippen molar-refractivity contribution in [3.63, 3.8) is 0 Å². The van der Waals surface area contributed by atoms with E-state index in [0.29, 0.717) is 17.1 Å². The molecule has 1 aromatic carbocycles. The molecule has 1 aliphatic rings. The van der Waals surface area contributed by atoms with Gasteiger partial charge in [-0.1, -0.05) is 6.42 Å². The number of hydrogen-bond acceptors (Lipinski definition) is 7. The van der Waals surface area contributed by atoms with Gasteiger partial charge in [-0.3, -0.25) is 4.52 Å². The van der Waals surface area contributed by atoms with Gasteiger partial charge in [-0.05, 0) is 49.9 Å². The molecular weight excluding hydrogens is 433 g/mol. The highest BCUT2D eigenvalue weighted by atomic mass is 32.2. The van der Waals surface area contributed by atoms with Crippen LogP contribution < -0.4 is 10.5 Å². The van der Waals surface area contributed by atoms with Gasteiger partial charge < -0.3 is 20.3 Å². The third kappa shape index (κ3) is 5.41. The van der Waals surface area contributed by atoms with Crippen LogP contribution in [0.25, 0.3) is 0 Å². The van der Waals surface area contributed by atoms with E-state index in [2.05, 4.69) is 9.62 Å². The van der Waals surface area contributed by atoms with E-state index in [-0.39, 0.29) is 17.4 Å². The van der Waals surface area contributed by atoms with Gasteiger partial charge in [0.15, 0.2) is 15.6 Å². The van der Waals surface area contributed by atoms with Crippen LogP contribution in [0, 0.1) is 13.8 Å². The van der Waals surface area contributed by atoms with Crippen molar-refractivity contribution in [3.05, 3.63) is 34.6 Å². The summed E-state index contributed by atoms with van der Waals surface area (Å²) in [5.74, 6) is 0.345. The Bertz CT molecular complexity index is 1080. The molecule has 4 N–H and O–H groups in total. The van der Waals surface area contributed by atoms with Gasteiger partial charge in [-0.2, -0.15) is 5.10 Å². The molecule has 30 heavy (non-hydrogen) atoms. The van der Waals surface area contributed by atoms with Crippen molar-refractivity contribution in [1.82, 2.24) is 9.78 Å². The zero-order valence-electron chi connectivity index (χ0n) is 17.0.